The highest BCUT2D eigenvalue weighted by atomic mass is 35.5. The van der Waals surface area contributed by atoms with Gasteiger partial charge in [0.15, 0.2) is 6.29 Å². The number of hydrogen-bond donors (Lipinski definition) is 0. The smallest absolute Gasteiger partial charge is 0.277 e. The maximum atomic E-state index is 12.0. The van der Waals surface area contributed by atoms with Gasteiger partial charge >= 0.3 is 0 Å². The quantitative estimate of drug-likeness (QED) is 0.795. The largest absolute Gasteiger partial charge is 0.298 e. The molecule has 1 aromatic heterocycles. The third-order valence-electron chi connectivity index (χ3n) is 2.99. The van der Waals surface area contributed by atoms with E-state index in [1.807, 2.05) is 19.1 Å². The molecule has 0 atom stereocenters. The molecule has 0 N–H and O–H groups in total. The van der Waals surface area contributed by atoms with Crippen LogP contribution in [-0.4, -0.2) is 16.1 Å². The van der Waals surface area contributed by atoms with Gasteiger partial charge in [-0.05, 0) is 24.6 Å². The molecule has 0 fully saturated rings. The predicted molar refractivity (Wildman–Crippen MR) is 79.2 cm³/mol. The van der Waals surface area contributed by atoms with Gasteiger partial charge in [0.1, 0.15) is 0 Å². The van der Waals surface area contributed by atoms with Crippen LogP contribution in [0.1, 0.15) is 30.1 Å². The first-order chi connectivity index (χ1) is 9.65. The van der Waals surface area contributed by atoms with E-state index in [4.69, 9.17) is 11.6 Å². The van der Waals surface area contributed by atoms with E-state index in [0.29, 0.717) is 23.5 Å². The minimum Gasteiger partial charge on any atom is -0.298 e. The van der Waals surface area contributed by atoms with Crippen molar-refractivity contribution in [2.45, 2.75) is 26.3 Å². The summed E-state index contributed by atoms with van der Waals surface area (Å²) in [5.41, 5.74) is 1.20. The van der Waals surface area contributed by atoms with Gasteiger partial charge in [0.25, 0.3) is 5.56 Å². The number of hydrogen-bond acceptors (Lipinski definition) is 3. The van der Waals surface area contributed by atoms with E-state index in [1.54, 1.807) is 12.1 Å². The lowest BCUT2D eigenvalue weighted by Crippen LogP contribution is -2.26. The fourth-order valence-electron chi connectivity index (χ4n) is 1.87. The van der Waals surface area contributed by atoms with Crippen molar-refractivity contribution in [2.75, 3.05) is 0 Å². The molecule has 5 heteroatoms. The molecule has 0 saturated carbocycles. The number of carbonyl (C=O) groups excluding carboxylic acids is 1. The topological polar surface area (TPSA) is 52.0 Å². The van der Waals surface area contributed by atoms with E-state index in [-0.39, 0.29) is 11.1 Å². The van der Waals surface area contributed by atoms with Crippen molar-refractivity contribution in [3.8, 4) is 11.3 Å². The zero-order valence-corrected chi connectivity index (χ0v) is 11.9. The van der Waals surface area contributed by atoms with Crippen LogP contribution in [0.3, 0.4) is 0 Å². The van der Waals surface area contributed by atoms with Crippen LogP contribution in [0.25, 0.3) is 11.3 Å². The van der Waals surface area contributed by atoms with Gasteiger partial charge in [0, 0.05) is 17.1 Å². The Balaban J connectivity index is 2.50. The van der Waals surface area contributed by atoms with Crippen LogP contribution in [0.2, 0.25) is 5.02 Å². The molecule has 0 saturated heterocycles. The summed E-state index contributed by atoms with van der Waals surface area (Å²) in [5, 5.41) is 4.95. The lowest BCUT2D eigenvalue weighted by molar-refractivity contribution is 0.112. The van der Waals surface area contributed by atoms with Gasteiger partial charge in [0.05, 0.1) is 11.3 Å². The summed E-state index contributed by atoms with van der Waals surface area (Å²) in [6, 6.07) is 8.64. The Labute approximate surface area is 122 Å². The molecule has 104 valence electrons. The number of rotatable bonds is 5. The predicted octanol–water partition coefficient (Wildman–Crippen LogP) is 3.18. The molecule has 0 spiro atoms. The second kappa shape index (κ2) is 6.48. The lowest BCUT2D eigenvalue weighted by atomic mass is 10.1. The summed E-state index contributed by atoms with van der Waals surface area (Å²) < 4.78 is 1.36. The molecule has 0 aliphatic heterocycles. The van der Waals surface area contributed by atoms with Crippen molar-refractivity contribution in [2.24, 2.45) is 0 Å². The maximum Gasteiger partial charge on any atom is 0.277 e. The summed E-state index contributed by atoms with van der Waals surface area (Å²) in [6.45, 7) is 2.55. The summed E-state index contributed by atoms with van der Waals surface area (Å²) in [6.07, 6.45) is 2.37. The van der Waals surface area contributed by atoms with Gasteiger partial charge in [-0.1, -0.05) is 37.1 Å². The average molecular weight is 291 g/mol. The highest BCUT2D eigenvalue weighted by Gasteiger charge is 2.09. The normalized spacial score (nSPS) is 10.5. The summed E-state index contributed by atoms with van der Waals surface area (Å²) in [5.74, 6) is 0. The molecule has 4 nitrogen and oxygen atoms in total. The van der Waals surface area contributed by atoms with Gasteiger partial charge in [-0.15, -0.1) is 0 Å². The van der Waals surface area contributed by atoms with Gasteiger partial charge in [-0.2, -0.15) is 5.10 Å². The monoisotopic (exact) mass is 290 g/mol. The van der Waals surface area contributed by atoms with Crippen LogP contribution in [-0.2, 0) is 6.54 Å². The highest BCUT2D eigenvalue weighted by Crippen LogP contribution is 2.19. The Bertz CT molecular complexity index is 663. The third-order valence-corrected chi connectivity index (χ3v) is 3.24. The van der Waals surface area contributed by atoms with Crippen molar-refractivity contribution >= 4 is 17.9 Å². The number of unbranched alkanes of at least 4 members (excludes halogenated alkanes) is 1. The molecule has 1 heterocycles. The van der Waals surface area contributed by atoms with Crippen LogP contribution in [0.15, 0.2) is 35.1 Å². The Morgan fingerprint density at radius 1 is 1.30 bits per heavy atom. The Morgan fingerprint density at radius 2 is 2.00 bits per heavy atom. The van der Waals surface area contributed by atoms with Crippen LogP contribution in [0, 0.1) is 0 Å². The van der Waals surface area contributed by atoms with Gasteiger partial charge < -0.3 is 0 Å². The maximum absolute atomic E-state index is 12.0. The lowest BCUT2D eigenvalue weighted by Gasteiger charge is -2.08. The van der Waals surface area contributed by atoms with Crippen molar-refractivity contribution in [1.29, 1.82) is 0 Å². The molecule has 20 heavy (non-hydrogen) atoms. The van der Waals surface area contributed by atoms with Crippen LogP contribution >= 0.6 is 11.6 Å². The molecule has 2 rings (SSSR count). The number of halogens is 1. The summed E-state index contributed by atoms with van der Waals surface area (Å²) >= 11 is 5.85. The molecule has 0 amide bonds. The van der Waals surface area contributed by atoms with Crippen molar-refractivity contribution in [3.05, 3.63) is 51.3 Å². The van der Waals surface area contributed by atoms with E-state index in [9.17, 15) is 9.59 Å². The fourth-order valence-corrected chi connectivity index (χ4v) is 1.99. The minimum absolute atomic E-state index is 0.126. The van der Waals surface area contributed by atoms with Gasteiger partial charge in [-0.3, -0.25) is 9.59 Å². The summed E-state index contributed by atoms with van der Waals surface area (Å²) in [7, 11) is 0. The Kier molecular flexibility index (Phi) is 4.69. The minimum atomic E-state index is -0.342. The van der Waals surface area contributed by atoms with Crippen LogP contribution in [0.4, 0.5) is 0 Å². The van der Waals surface area contributed by atoms with Crippen LogP contribution < -0.4 is 5.56 Å². The molecular formula is C15H15ClN2O2. The second-order valence-electron chi connectivity index (χ2n) is 4.49. The zero-order valence-electron chi connectivity index (χ0n) is 11.2. The number of aromatic nitrogens is 2. The standard InChI is InChI=1S/C15H15ClN2O2/c1-2-3-8-18-15(20)12(10-19)9-14(17-18)11-4-6-13(16)7-5-11/h4-7,9-10H,2-3,8H2,1H3. The molecule has 1 aromatic carbocycles. The van der Waals surface area contributed by atoms with Gasteiger partial charge in [0.2, 0.25) is 0 Å². The number of aldehydes is 1. The zero-order chi connectivity index (χ0) is 14.5. The molecular weight excluding hydrogens is 276 g/mol. The van der Waals surface area contributed by atoms with E-state index in [1.165, 1.54) is 10.7 Å². The number of nitrogens with zero attached hydrogens (tertiary/aromatic N) is 2. The molecule has 0 aliphatic carbocycles. The third kappa shape index (κ3) is 3.14. The van der Waals surface area contributed by atoms with Crippen molar-refractivity contribution in [1.82, 2.24) is 9.78 Å². The number of carbonyl (C=O) groups is 1. The highest BCUT2D eigenvalue weighted by molar-refractivity contribution is 6.30. The average Bonchev–Trinajstić information content (AvgIpc) is 2.47. The molecule has 2 aromatic rings. The fraction of sp³-hybridized carbons (Fsp3) is 0.267. The molecule has 0 aliphatic rings. The van der Waals surface area contributed by atoms with Crippen molar-refractivity contribution < 1.29 is 4.79 Å². The van der Waals surface area contributed by atoms with E-state index < -0.39 is 0 Å². The first-order valence-electron chi connectivity index (χ1n) is 6.49. The summed E-state index contributed by atoms with van der Waals surface area (Å²) in [4.78, 5) is 23.0. The van der Waals surface area contributed by atoms with E-state index in [0.717, 1.165) is 18.4 Å². The SMILES string of the molecule is CCCCn1nc(-c2ccc(Cl)cc2)cc(C=O)c1=O. The van der Waals surface area contributed by atoms with E-state index >= 15 is 0 Å². The van der Waals surface area contributed by atoms with Gasteiger partial charge in [-0.25, -0.2) is 4.68 Å². The Morgan fingerprint density at radius 3 is 2.60 bits per heavy atom. The molecule has 0 radical (unpaired) electrons. The number of aryl methyl sites for hydroxylation is 1. The van der Waals surface area contributed by atoms with Crippen LogP contribution in [0.5, 0.6) is 0 Å². The number of benzene rings is 1. The first-order valence-corrected chi connectivity index (χ1v) is 6.86. The van der Waals surface area contributed by atoms with E-state index in [2.05, 4.69) is 5.10 Å². The molecule has 0 bridgehead atoms. The van der Waals surface area contributed by atoms with Crippen molar-refractivity contribution in [3.63, 3.8) is 0 Å². The molecule has 0 unspecified atom stereocenters. The Hall–Kier alpha value is -1.94. The second-order valence-corrected chi connectivity index (χ2v) is 4.93. The first kappa shape index (κ1) is 14.5.